The quantitative estimate of drug-likeness (QED) is 0.197. The minimum absolute atomic E-state index is 0. The zero-order chi connectivity index (χ0) is 20.2. The zero-order valence-corrected chi connectivity index (χ0v) is 20.6. The highest BCUT2D eigenvalue weighted by Gasteiger charge is 2.24. The second-order valence-electron chi connectivity index (χ2n) is 7.14. The summed E-state index contributed by atoms with van der Waals surface area (Å²) in [5, 5.41) is 2.71. The summed E-state index contributed by atoms with van der Waals surface area (Å²) in [5.74, 6) is 0.966. The van der Waals surface area contributed by atoms with Gasteiger partial charge in [0.25, 0.3) is 0 Å². The molecule has 4 rings (SSSR count). The lowest BCUT2D eigenvalue weighted by atomic mass is 10.1. The van der Waals surface area contributed by atoms with Crippen molar-refractivity contribution in [1.29, 1.82) is 0 Å². The summed E-state index contributed by atoms with van der Waals surface area (Å²) < 4.78 is 19.4. The molecule has 0 radical (unpaired) electrons. The maximum atomic E-state index is 6.04. The van der Waals surface area contributed by atoms with Crippen LogP contribution in [0.25, 0.3) is 25.1 Å². The minimum atomic E-state index is -0.0747. The molecule has 30 heavy (non-hydrogen) atoms. The van der Waals surface area contributed by atoms with E-state index in [-0.39, 0.29) is 34.4 Å². The molecular weight excluding hydrogens is 507 g/mol. The van der Waals surface area contributed by atoms with E-state index in [0.717, 1.165) is 5.75 Å². The molecule has 0 amide bonds. The molecule has 1 heterocycles. The van der Waals surface area contributed by atoms with Gasteiger partial charge in [-0.3, -0.25) is 0 Å². The van der Waals surface area contributed by atoms with Crippen molar-refractivity contribution in [1.82, 2.24) is 0 Å². The first-order chi connectivity index (χ1) is 14.2. The Morgan fingerprint density at radius 1 is 0.733 bits per heavy atom. The summed E-state index contributed by atoms with van der Waals surface area (Å²) in [6, 6.07) is 22.1. The summed E-state index contributed by atoms with van der Waals surface area (Å²) in [4.78, 5) is 1.35. The van der Waals surface area contributed by atoms with Crippen LogP contribution >= 0.6 is 10.5 Å². The first-order valence-electron chi connectivity index (χ1n) is 9.94. The van der Waals surface area contributed by atoms with E-state index in [1.165, 1.54) is 36.2 Å². The lowest BCUT2D eigenvalue weighted by Gasteiger charge is -2.12. The second kappa shape index (κ2) is 10.6. The van der Waals surface area contributed by atoms with Crippen LogP contribution in [-0.4, -0.2) is 33.5 Å². The number of hydrogen-bond acceptors (Lipinski definition) is 3. The zero-order valence-electron chi connectivity index (χ0n) is 17.6. The van der Waals surface area contributed by atoms with E-state index in [1.54, 1.807) is 7.11 Å². The summed E-state index contributed by atoms with van der Waals surface area (Å²) in [6.07, 6.45) is 0. The van der Waals surface area contributed by atoms with Crippen molar-refractivity contribution < 1.29 is 38.2 Å². The van der Waals surface area contributed by atoms with Crippen LogP contribution in [0.2, 0.25) is 0 Å². The highest BCUT2D eigenvalue weighted by Crippen LogP contribution is 2.49. The SMILES string of the molecule is COCCOCCOc1c(C)cc(-[s+]2c3ccccc3c3ccccc32)cc1C.[I-]. The molecular formula is C25H27IO3S. The first kappa shape index (κ1) is 23.0. The van der Waals surface area contributed by atoms with Crippen molar-refractivity contribution in [3.05, 3.63) is 71.8 Å². The molecule has 0 fully saturated rings. The van der Waals surface area contributed by atoms with Gasteiger partial charge in [0, 0.05) is 40.5 Å². The van der Waals surface area contributed by atoms with Crippen LogP contribution in [0.1, 0.15) is 11.1 Å². The van der Waals surface area contributed by atoms with Crippen molar-refractivity contribution in [3.8, 4) is 10.6 Å². The van der Waals surface area contributed by atoms with Crippen molar-refractivity contribution in [2.24, 2.45) is 0 Å². The molecule has 4 aromatic rings. The molecule has 158 valence electrons. The number of hydrogen-bond donors (Lipinski definition) is 0. The number of fused-ring (bicyclic) bond motifs is 3. The average molecular weight is 534 g/mol. The molecule has 0 saturated heterocycles. The van der Waals surface area contributed by atoms with Gasteiger partial charge in [-0.2, -0.15) is 0 Å². The molecule has 0 spiro atoms. The molecule has 0 aliphatic heterocycles. The van der Waals surface area contributed by atoms with Crippen molar-refractivity contribution in [2.75, 3.05) is 33.5 Å². The van der Waals surface area contributed by atoms with Crippen molar-refractivity contribution >= 4 is 30.6 Å². The summed E-state index contributed by atoms with van der Waals surface area (Å²) >= 11 is 0. The van der Waals surface area contributed by atoms with E-state index < -0.39 is 0 Å². The van der Waals surface area contributed by atoms with Gasteiger partial charge in [0.1, 0.15) is 12.4 Å². The molecule has 0 N–H and O–H groups in total. The molecule has 0 unspecified atom stereocenters. The van der Waals surface area contributed by atoms with Crippen LogP contribution in [0.15, 0.2) is 60.7 Å². The third kappa shape index (κ3) is 4.64. The standard InChI is InChI=1S/C25H27O3S.HI/c1-18-16-20(17-19(2)25(18)28-15-14-27-13-12-26-3)29-23-10-6-4-8-21(23)22-9-5-7-11-24(22)29;/h4-11,16-17H,12-15H2,1-3H3;1H/q+1;/p-1. The van der Waals surface area contributed by atoms with E-state index >= 15 is 0 Å². The van der Waals surface area contributed by atoms with Crippen LogP contribution in [0.5, 0.6) is 5.75 Å². The second-order valence-corrected chi connectivity index (χ2v) is 9.10. The Labute approximate surface area is 197 Å². The van der Waals surface area contributed by atoms with Gasteiger partial charge in [-0.15, -0.1) is 0 Å². The number of aryl methyl sites for hydroxylation is 2. The average Bonchev–Trinajstić information content (AvgIpc) is 3.06. The summed E-state index contributed by atoms with van der Waals surface area (Å²) in [7, 11) is 1.60. The molecule has 0 atom stereocenters. The molecule has 3 aromatic carbocycles. The Hall–Kier alpha value is -1.67. The minimum Gasteiger partial charge on any atom is -1.00 e. The molecule has 0 bridgehead atoms. The van der Waals surface area contributed by atoms with Gasteiger partial charge in [0.2, 0.25) is 0 Å². The summed E-state index contributed by atoms with van der Waals surface area (Å²) in [5.41, 5.74) is 2.34. The van der Waals surface area contributed by atoms with Gasteiger partial charge in [-0.05, 0) is 49.2 Å². The van der Waals surface area contributed by atoms with Gasteiger partial charge in [0.05, 0.1) is 19.8 Å². The molecule has 0 aliphatic carbocycles. The van der Waals surface area contributed by atoms with Crippen LogP contribution in [0.4, 0.5) is 0 Å². The van der Waals surface area contributed by atoms with Crippen molar-refractivity contribution in [3.63, 3.8) is 0 Å². The molecule has 3 nitrogen and oxygen atoms in total. The Balaban J connectivity index is 0.00000256. The Bertz CT molecular complexity index is 1060. The Morgan fingerprint density at radius 3 is 1.83 bits per heavy atom. The van der Waals surface area contributed by atoms with Crippen LogP contribution in [-0.2, 0) is 9.47 Å². The van der Waals surface area contributed by atoms with E-state index in [9.17, 15) is 0 Å². The van der Waals surface area contributed by atoms with Gasteiger partial charge in [0.15, 0.2) is 14.3 Å². The van der Waals surface area contributed by atoms with E-state index in [1.807, 2.05) is 0 Å². The van der Waals surface area contributed by atoms with Crippen LogP contribution in [0, 0.1) is 13.8 Å². The van der Waals surface area contributed by atoms with Crippen molar-refractivity contribution in [2.45, 2.75) is 13.8 Å². The molecule has 0 aliphatic rings. The molecule has 0 saturated carbocycles. The van der Waals surface area contributed by atoms with Gasteiger partial charge in [-0.25, -0.2) is 0 Å². The maximum Gasteiger partial charge on any atom is 0.187 e. The van der Waals surface area contributed by atoms with Gasteiger partial charge in [-0.1, -0.05) is 24.3 Å². The van der Waals surface area contributed by atoms with E-state index in [4.69, 9.17) is 14.2 Å². The predicted molar refractivity (Wildman–Crippen MR) is 123 cm³/mol. The third-order valence-electron chi connectivity index (χ3n) is 5.08. The number of ether oxygens (including phenoxy) is 3. The Kier molecular flexibility index (Phi) is 8.11. The van der Waals surface area contributed by atoms with E-state index in [2.05, 4.69) is 74.5 Å². The lowest BCUT2D eigenvalue weighted by molar-refractivity contribution is -0.00000656. The number of thiophene rings is 1. The molecule has 1 aromatic heterocycles. The Morgan fingerprint density at radius 2 is 1.27 bits per heavy atom. The highest BCUT2D eigenvalue weighted by molar-refractivity contribution is 7.50. The normalized spacial score (nSPS) is 11.0. The summed E-state index contributed by atoms with van der Waals surface area (Å²) in [6.45, 7) is 6.58. The fourth-order valence-electron chi connectivity index (χ4n) is 3.81. The highest BCUT2D eigenvalue weighted by atomic mass is 127. The number of halogens is 1. The fourth-order valence-corrected chi connectivity index (χ4v) is 6.37. The fraction of sp³-hybridized carbons (Fsp3) is 0.280. The lowest BCUT2D eigenvalue weighted by Crippen LogP contribution is -3.00. The van der Waals surface area contributed by atoms with Crippen LogP contribution < -0.4 is 28.7 Å². The molecule has 5 heteroatoms. The van der Waals surface area contributed by atoms with Gasteiger partial charge >= 0.3 is 0 Å². The first-order valence-corrected chi connectivity index (χ1v) is 11.2. The maximum absolute atomic E-state index is 6.04. The number of benzene rings is 3. The number of rotatable bonds is 8. The van der Waals surface area contributed by atoms with E-state index in [0.29, 0.717) is 26.4 Å². The largest absolute Gasteiger partial charge is 1.00 e. The van der Waals surface area contributed by atoms with Gasteiger partial charge < -0.3 is 38.2 Å². The number of methoxy groups -OCH3 is 1. The third-order valence-corrected chi connectivity index (χ3v) is 7.38. The predicted octanol–water partition coefficient (Wildman–Crippen LogP) is 3.39. The monoisotopic (exact) mass is 534 g/mol. The van der Waals surface area contributed by atoms with Crippen LogP contribution in [0.3, 0.4) is 0 Å². The smallest absolute Gasteiger partial charge is 0.187 e. The topological polar surface area (TPSA) is 27.7 Å².